The van der Waals surface area contributed by atoms with E-state index in [9.17, 15) is 27.9 Å². The molecule has 0 aliphatic heterocycles. The SMILES string of the molecule is O=C(O)c1nn(C(=O)Nc2cccnc2)c2ccc(-c3cncc(C(F)(F)F)c3)cc12. The largest absolute Gasteiger partial charge is 0.476 e. The quantitative estimate of drug-likeness (QED) is 0.505. The second kappa shape index (κ2) is 7.52. The Hall–Kier alpha value is -4.28. The predicted octanol–water partition coefficient (Wildman–Crippen LogP) is 4.29. The number of hydrogen-bond acceptors (Lipinski definition) is 5. The van der Waals surface area contributed by atoms with Crippen LogP contribution >= 0.6 is 0 Å². The van der Waals surface area contributed by atoms with Crippen molar-refractivity contribution in [3.05, 3.63) is 72.4 Å². The zero-order valence-corrected chi connectivity index (χ0v) is 15.5. The summed E-state index contributed by atoms with van der Waals surface area (Å²) in [6.45, 7) is 0. The number of amides is 1. The van der Waals surface area contributed by atoms with E-state index in [1.807, 2.05) is 0 Å². The van der Waals surface area contributed by atoms with Crippen molar-refractivity contribution in [2.45, 2.75) is 6.18 Å². The van der Waals surface area contributed by atoms with Gasteiger partial charge in [-0.15, -0.1) is 0 Å². The fourth-order valence-corrected chi connectivity index (χ4v) is 2.98. The maximum absolute atomic E-state index is 13.0. The number of fused-ring (bicyclic) bond motifs is 1. The Kier molecular flexibility index (Phi) is 4.85. The number of carbonyl (C=O) groups excluding carboxylic acids is 1. The van der Waals surface area contributed by atoms with Crippen LogP contribution in [0.25, 0.3) is 22.0 Å². The predicted molar refractivity (Wildman–Crippen MR) is 104 cm³/mol. The summed E-state index contributed by atoms with van der Waals surface area (Å²) in [5, 5.41) is 16.0. The monoisotopic (exact) mass is 427 g/mol. The summed E-state index contributed by atoms with van der Waals surface area (Å²) in [6, 6.07) is 7.61. The lowest BCUT2D eigenvalue weighted by molar-refractivity contribution is -0.137. The van der Waals surface area contributed by atoms with E-state index in [-0.39, 0.29) is 16.5 Å². The first-order chi connectivity index (χ1) is 14.7. The van der Waals surface area contributed by atoms with Gasteiger partial charge < -0.3 is 10.4 Å². The fourth-order valence-electron chi connectivity index (χ4n) is 2.98. The molecule has 1 amide bonds. The van der Waals surface area contributed by atoms with E-state index in [1.54, 1.807) is 12.1 Å². The maximum atomic E-state index is 13.0. The molecule has 2 N–H and O–H groups in total. The van der Waals surface area contributed by atoms with E-state index in [4.69, 9.17) is 0 Å². The van der Waals surface area contributed by atoms with Crippen LogP contribution in [0.5, 0.6) is 0 Å². The summed E-state index contributed by atoms with van der Waals surface area (Å²) in [7, 11) is 0. The number of benzene rings is 1. The highest BCUT2D eigenvalue weighted by Crippen LogP contribution is 2.32. The lowest BCUT2D eigenvalue weighted by Gasteiger charge is -2.09. The lowest BCUT2D eigenvalue weighted by Crippen LogP contribution is -2.21. The number of aromatic carboxylic acids is 1. The molecule has 0 aliphatic rings. The lowest BCUT2D eigenvalue weighted by atomic mass is 10.0. The van der Waals surface area contributed by atoms with Gasteiger partial charge in [0.1, 0.15) is 0 Å². The van der Waals surface area contributed by atoms with Crippen LogP contribution in [-0.2, 0) is 6.18 Å². The van der Waals surface area contributed by atoms with Gasteiger partial charge in [0.25, 0.3) is 0 Å². The number of anilines is 1. The molecule has 0 fully saturated rings. The minimum Gasteiger partial charge on any atom is -0.476 e. The van der Waals surface area contributed by atoms with Crippen molar-refractivity contribution in [3.63, 3.8) is 0 Å². The normalized spacial score (nSPS) is 11.5. The molecule has 156 valence electrons. The number of carboxylic acid groups (broad SMARTS) is 1. The molecule has 0 radical (unpaired) electrons. The highest BCUT2D eigenvalue weighted by molar-refractivity contribution is 6.06. The molecule has 1 aromatic carbocycles. The average molecular weight is 427 g/mol. The number of pyridine rings is 2. The van der Waals surface area contributed by atoms with Crippen molar-refractivity contribution in [3.8, 4) is 11.1 Å². The first kappa shape index (κ1) is 20.0. The highest BCUT2D eigenvalue weighted by atomic mass is 19.4. The van der Waals surface area contributed by atoms with Crippen LogP contribution < -0.4 is 5.32 Å². The molecule has 0 atom stereocenters. The molecule has 0 saturated carbocycles. The van der Waals surface area contributed by atoms with Crippen LogP contribution in [0.2, 0.25) is 0 Å². The molecule has 0 spiro atoms. The maximum Gasteiger partial charge on any atom is 0.417 e. The average Bonchev–Trinajstić information content (AvgIpc) is 3.13. The molecule has 0 unspecified atom stereocenters. The van der Waals surface area contributed by atoms with Crippen LogP contribution in [0.3, 0.4) is 0 Å². The number of alkyl halides is 3. The molecule has 11 heteroatoms. The van der Waals surface area contributed by atoms with Crippen molar-refractivity contribution < 1.29 is 27.9 Å². The van der Waals surface area contributed by atoms with Crippen molar-refractivity contribution in [2.75, 3.05) is 5.32 Å². The Morgan fingerprint density at radius 3 is 2.48 bits per heavy atom. The molecular weight excluding hydrogens is 415 g/mol. The van der Waals surface area contributed by atoms with Gasteiger partial charge in [0.2, 0.25) is 0 Å². The van der Waals surface area contributed by atoms with Gasteiger partial charge >= 0.3 is 18.2 Å². The Morgan fingerprint density at radius 2 is 1.81 bits per heavy atom. The first-order valence-electron chi connectivity index (χ1n) is 8.74. The summed E-state index contributed by atoms with van der Waals surface area (Å²) in [5.74, 6) is -1.39. The van der Waals surface area contributed by atoms with Crippen molar-refractivity contribution in [1.29, 1.82) is 0 Å². The zero-order chi connectivity index (χ0) is 22.2. The number of carbonyl (C=O) groups is 2. The molecule has 31 heavy (non-hydrogen) atoms. The number of aromatic nitrogens is 4. The van der Waals surface area contributed by atoms with Crippen LogP contribution in [0, 0.1) is 0 Å². The van der Waals surface area contributed by atoms with Gasteiger partial charge in [-0.05, 0) is 35.9 Å². The van der Waals surface area contributed by atoms with E-state index in [2.05, 4.69) is 20.4 Å². The number of halogens is 3. The van der Waals surface area contributed by atoms with Crippen LogP contribution in [0.15, 0.2) is 61.2 Å². The second-order valence-electron chi connectivity index (χ2n) is 6.43. The van der Waals surface area contributed by atoms with Gasteiger partial charge in [0.15, 0.2) is 5.69 Å². The third kappa shape index (κ3) is 3.92. The summed E-state index contributed by atoms with van der Waals surface area (Å²) in [6.07, 6.45) is 0.280. The number of nitrogens with zero attached hydrogens (tertiary/aromatic N) is 4. The topological polar surface area (TPSA) is 110 Å². The van der Waals surface area contributed by atoms with Crippen molar-refractivity contribution >= 4 is 28.6 Å². The van der Waals surface area contributed by atoms with Crippen LogP contribution in [-0.4, -0.2) is 36.9 Å². The Balaban J connectivity index is 1.79. The smallest absolute Gasteiger partial charge is 0.417 e. The van der Waals surface area contributed by atoms with Gasteiger partial charge in [0.05, 0.1) is 23.0 Å². The van der Waals surface area contributed by atoms with Crippen LogP contribution in [0.1, 0.15) is 16.1 Å². The van der Waals surface area contributed by atoms with Crippen molar-refractivity contribution in [2.24, 2.45) is 0 Å². The molecule has 0 saturated heterocycles. The number of nitrogens with one attached hydrogen (secondary N) is 1. The second-order valence-corrected chi connectivity index (χ2v) is 6.43. The van der Waals surface area contributed by atoms with E-state index < -0.39 is 29.4 Å². The summed E-state index contributed by atoms with van der Waals surface area (Å²) in [4.78, 5) is 31.8. The van der Waals surface area contributed by atoms with E-state index in [1.165, 1.54) is 36.8 Å². The molecule has 0 bridgehead atoms. The summed E-state index contributed by atoms with van der Waals surface area (Å²) >= 11 is 0. The standard InChI is InChI=1S/C20H12F3N5O3/c21-20(22,23)13-6-12(8-25-9-13)11-3-4-16-15(7-11)17(18(29)30)27-28(16)19(31)26-14-2-1-5-24-10-14/h1-10H,(H,26,31)(H,29,30). The molecular formula is C20H12F3N5O3. The fraction of sp³-hybridized carbons (Fsp3) is 0.0500. The highest BCUT2D eigenvalue weighted by Gasteiger charge is 2.31. The minimum absolute atomic E-state index is 0.0868. The Morgan fingerprint density at radius 1 is 1.00 bits per heavy atom. The number of carboxylic acids is 1. The van der Waals surface area contributed by atoms with Crippen molar-refractivity contribution in [1.82, 2.24) is 19.7 Å². The van der Waals surface area contributed by atoms with Gasteiger partial charge in [-0.25, -0.2) is 9.59 Å². The van der Waals surface area contributed by atoms with E-state index >= 15 is 0 Å². The molecule has 4 rings (SSSR count). The first-order valence-corrected chi connectivity index (χ1v) is 8.74. The summed E-state index contributed by atoms with van der Waals surface area (Å²) < 4.78 is 39.9. The van der Waals surface area contributed by atoms with Gasteiger partial charge in [0, 0.05) is 29.5 Å². The van der Waals surface area contributed by atoms with E-state index in [0.717, 1.165) is 10.7 Å². The van der Waals surface area contributed by atoms with Gasteiger partial charge in [-0.2, -0.15) is 23.0 Å². The van der Waals surface area contributed by atoms with E-state index in [0.29, 0.717) is 17.4 Å². The summed E-state index contributed by atoms with van der Waals surface area (Å²) in [5.41, 5.74) is -0.378. The third-order valence-corrected chi connectivity index (χ3v) is 4.39. The minimum atomic E-state index is -4.57. The van der Waals surface area contributed by atoms with Gasteiger partial charge in [-0.3, -0.25) is 9.97 Å². The zero-order valence-electron chi connectivity index (χ0n) is 15.5. The molecule has 3 heterocycles. The number of rotatable bonds is 3. The molecule has 3 aromatic heterocycles. The molecule has 0 aliphatic carbocycles. The molecule has 4 aromatic rings. The molecule has 8 nitrogen and oxygen atoms in total. The third-order valence-electron chi connectivity index (χ3n) is 4.39. The van der Waals surface area contributed by atoms with Gasteiger partial charge in [-0.1, -0.05) is 6.07 Å². The number of hydrogen-bond donors (Lipinski definition) is 2. The Bertz CT molecular complexity index is 1300. The van der Waals surface area contributed by atoms with Crippen LogP contribution in [0.4, 0.5) is 23.7 Å². The Labute approximate surface area is 172 Å².